The van der Waals surface area contributed by atoms with Crippen molar-refractivity contribution in [3.05, 3.63) is 17.8 Å². The van der Waals surface area contributed by atoms with E-state index in [0.717, 1.165) is 0 Å². The average molecular weight is 215 g/mol. The number of hydrogen-bond acceptors (Lipinski definition) is 3. The standard InChI is InChI=1S/C10H14FNO3/c1-6(8(13)14)4-7-5-12-9(15-7)10(2,3)11/h5-6H,4H2,1-3H3,(H,13,14). The van der Waals surface area contributed by atoms with Crippen LogP contribution in [0.5, 0.6) is 0 Å². The summed E-state index contributed by atoms with van der Waals surface area (Å²) in [6, 6.07) is 0. The first-order valence-electron chi connectivity index (χ1n) is 4.67. The SMILES string of the molecule is CC(Cc1cnc(C(C)(C)F)o1)C(=O)O. The number of oxazole rings is 1. The summed E-state index contributed by atoms with van der Waals surface area (Å²) in [5, 5.41) is 8.67. The van der Waals surface area contributed by atoms with E-state index in [2.05, 4.69) is 4.98 Å². The van der Waals surface area contributed by atoms with E-state index >= 15 is 0 Å². The van der Waals surface area contributed by atoms with Gasteiger partial charge in [-0.1, -0.05) is 6.92 Å². The highest BCUT2D eigenvalue weighted by Gasteiger charge is 2.25. The van der Waals surface area contributed by atoms with E-state index in [1.807, 2.05) is 0 Å². The summed E-state index contributed by atoms with van der Waals surface area (Å²) in [6.45, 7) is 4.23. The molecule has 0 bridgehead atoms. The van der Waals surface area contributed by atoms with Crippen molar-refractivity contribution in [1.29, 1.82) is 0 Å². The maximum Gasteiger partial charge on any atom is 0.306 e. The first kappa shape index (κ1) is 11.7. The summed E-state index contributed by atoms with van der Waals surface area (Å²) >= 11 is 0. The molecule has 0 aliphatic heterocycles. The van der Waals surface area contributed by atoms with Gasteiger partial charge in [0.2, 0.25) is 5.89 Å². The minimum Gasteiger partial charge on any atom is -0.481 e. The predicted molar refractivity (Wildman–Crippen MR) is 51.1 cm³/mol. The maximum absolute atomic E-state index is 13.4. The monoisotopic (exact) mass is 215 g/mol. The summed E-state index contributed by atoms with van der Waals surface area (Å²) in [5.74, 6) is -1.10. The summed E-state index contributed by atoms with van der Waals surface area (Å²) in [7, 11) is 0. The molecule has 0 spiro atoms. The van der Waals surface area contributed by atoms with E-state index < -0.39 is 17.6 Å². The molecule has 0 saturated heterocycles. The number of rotatable bonds is 4. The second-order valence-electron chi connectivity index (χ2n) is 4.05. The molecule has 0 aromatic carbocycles. The molecule has 1 N–H and O–H groups in total. The fraction of sp³-hybridized carbons (Fsp3) is 0.600. The van der Waals surface area contributed by atoms with Crippen molar-refractivity contribution >= 4 is 5.97 Å². The zero-order valence-corrected chi connectivity index (χ0v) is 8.95. The van der Waals surface area contributed by atoms with Crippen molar-refractivity contribution < 1.29 is 18.7 Å². The molecule has 1 rings (SSSR count). The van der Waals surface area contributed by atoms with Crippen LogP contribution < -0.4 is 0 Å². The quantitative estimate of drug-likeness (QED) is 0.835. The lowest BCUT2D eigenvalue weighted by Gasteiger charge is -2.08. The summed E-state index contributed by atoms with van der Waals surface area (Å²) in [5.41, 5.74) is -1.63. The Morgan fingerprint density at radius 2 is 2.33 bits per heavy atom. The van der Waals surface area contributed by atoms with Crippen LogP contribution in [0.1, 0.15) is 32.4 Å². The molecule has 0 fully saturated rings. The lowest BCUT2D eigenvalue weighted by molar-refractivity contribution is -0.141. The third-order valence-electron chi connectivity index (χ3n) is 1.99. The van der Waals surface area contributed by atoms with E-state index in [1.54, 1.807) is 6.92 Å². The molecule has 0 radical (unpaired) electrons. The van der Waals surface area contributed by atoms with Gasteiger partial charge in [0, 0.05) is 6.42 Å². The van der Waals surface area contributed by atoms with Crippen LogP contribution in [0.25, 0.3) is 0 Å². The molecule has 0 amide bonds. The fourth-order valence-corrected chi connectivity index (χ4v) is 1.07. The molecular weight excluding hydrogens is 201 g/mol. The number of carboxylic acid groups (broad SMARTS) is 1. The van der Waals surface area contributed by atoms with Crippen molar-refractivity contribution in [2.75, 3.05) is 0 Å². The maximum atomic E-state index is 13.4. The zero-order chi connectivity index (χ0) is 11.6. The Bertz CT molecular complexity index is 354. The number of halogens is 1. The lowest BCUT2D eigenvalue weighted by atomic mass is 10.1. The Labute approximate surface area is 87.1 Å². The van der Waals surface area contributed by atoms with Crippen LogP contribution in [-0.2, 0) is 16.9 Å². The molecule has 1 aromatic heterocycles. The number of aliphatic carboxylic acids is 1. The van der Waals surface area contributed by atoms with Crippen LogP contribution in [-0.4, -0.2) is 16.1 Å². The number of hydrogen-bond donors (Lipinski definition) is 1. The number of aromatic nitrogens is 1. The topological polar surface area (TPSA) is 63.3 Å². The van der Waals surface area contributed by atoms with Gasteiger partial charge in [-0.05, 0) is 13.8 Å². The molecule has 84 valence electrons. The second kappa shape index (κ2) is 4.00. The van der Waals surface area contributed by atoms with Gasteiger partial charge in [-0.25, -0.2) is 9.37 Å². The average Bonchev–Trinajstić information content (AvgIpc) is 2.51. The van der Waals surface area contributed by atoms with E-state index in [-0.39, 0.29) is 12.3 Å². The van der Waals surface area contributed by atoms with Gasteiger partial charge < -0.3 is 9.52 Å². The van der Waals surface area contributed by atoms with Gasteiger partial charge in [-0.15, -0.1) is 0 Å². The van der Waals surface area contributed by atoms with Crippen molar-refractivity contribution in [1.82, 2.24) is 4.98 Å². The summed E-state index contributed by atoms with van der Waals surface area (Å²) < 4.78 is 18.5. The van der Waals surface area contributed by atoms with Crippen LogP contribution in [0.3, 0.4) is 0 Å². The van der Waals surface area contributed by atoms with E-state index in [4.69, 9.17) is 9.52 Å². The molecule has 4 nitrogen and oxygen atoms in total. The summed E-state index contributed by atoms with van der Waals surface area (Å²) in [6.07, 6.45) is 1.59. The van der Waals surface area contributed by atoms with Gasteiger partial charge in [-0.3, -0.25) is 4.79 Å². The minimum atomic E-state index is -1.63. The minimum absolute atomic E-state index is 0.0184. The Morgan fingerprint density at radius 1 is 1.73 bits per heavy atom. The van der Waals surface area contributed by atoms with Gasteiger partial charge in [-0.2, -0.15) is 0 Å². The van der Waals surface area contributed by atoms with Crippen LogP contribution in [0.2, 0.25) is 0 Å². The highest BCUT2D eigenvalue weighted by molar-refractivity contribution is 5.69. The highest BCUT2D eigenvalue weighted by Crippen LogP contribution is 2.24. The largest absolute Gasteiger partial charge is 0.481 e. The lowest BCUT2D eigenvalue weighted by Crippen LogP contribution is -2.12. The van der Waals surface area contributed by atoms with Crippen LogP contribution >= 0.6 is 0 Å². The highest BCUT2D eigenvalue weighted by atomic mass is 19.1. The van der Waals surface area contributed by atoms with Crippen LogP contribution in [0.15, 0.2) is 10.6 Å². The summed E-state index contributed by atoms with van der Waals surface area (Å²) in [4.78, 5) is 14.3. The van der Waals surface area contributed by atoms with Gasteiger partial charge in [0.15, 0.2) is 5.67 Å². The van der Waals surface area contributed by atoms with Crippen LogP contribution in [0.4, 0.5) is 4.39 Å². The molecule has 1 heterocycles. The molecule has 1 unspecified atom stereocenters. The van der Waals surface area contributed by atoms with Crippen molar-refractivity contribution in [3.63, 3.8) is 0 Å². The number of alkyl halides is 1. The molecule has 1 atom stereocenters. The number of nitrogens with zero attached hydrogens (tertiary/aromatic N) is 1. The zero-order valence-electron chi connectivity index (χ0n) is 8.95. The Balaban J connectivity index is 2.73. The van der Waals surface area contributed by atoms with Gasteiger partial charge in [0.05, 0.1) is 12.1 Å². The van der Waals surface area contributed by atoms with E-state index in [1.165, 1.54) is 20.0 Å². The first-order chi connectivity index (χ1) is 6.80. The smallest absolute Gasteiger partial charge is 0.306 e. The third kappa shape index (κ3) is 3.04. The molecular formula is C10H14FNO3. The normalized spacial score (nSPS) is 13.9. The number of carboxylic acids is 1. The molecule has 1 aromatic rings. The number of carbonyl (C=O) groups is 1. The Kier molecular flexibility index (Phi) is 3.12. The first-order valence-corrected chi connectivity index (χ1v) is 4.67. The van der Waals surface area contributed by atoms with Gasteiger partial charge >= 0.3 is 5.97 Å². The molecule has 15 heavy (non-hydrogen) atoms. The Morgan fingerprint density at radius 3 is 2.73 bits per heavy atom. The van der Waals surface area contributed by atoms with Crippen LogP contribution in [0, 0.1) is 5.92 Å². The van der Waals surface area contributed by atoms with Crippen molar-refractivity contribution in [2.24, 2.45) is 5.92 Å². The molecule has 5 heteroatoms. The van der Waals surface area contributed by atoms with Crippen molar-refractivity contribution in [2.45, 2.75) is 32.9 Å². The van der Waals surface area contributed by atoms with Gasteiger partial charge in [0.25, 0.3) is 0 Å². The van der Waals surface area contributed by atoms with E-state index in [0.29, 0.717) is 5.76 Å². The fourth-order valence-electron chi connectivity index (χ4n) is 1.07. The molecule has 0 aliphatic rings. The predicted octanol–water partition coefficient (Wildman–Crippen LogP) is 2.14. The molecule has 0 saturated carbocycles. The van der Waals surface area contributed by atoms with Gasteiger partial charge in [0.1, 0.15) is 5.76 Å². The van der Waals surface area contributed by atoms with Crippen molar-refractivity contribution in [3.8, 4) is 0 Å². The Hall–Kier alpha value is -1.39. The second-order valence-corrected chi connectivity index (χ2v) is 4.05. The third-order valence-corrected chi connectivity index (χ3v) is 1.99. The molecule has 0 aliphatic carbocycles. The van der Waals surface area contributed by atoms with E-state index in [9.17, 15) is 9.18 Å².